The molecule has 0 bridgehead atoms. The van der Waals surface area contributed by atoms with E-state index in [2.05, 4.69) is 22.8 Å². The van der Waals surface area contributed by atoms with Gasteiger partial charge in [-0.15, -0.1) is 0 Å². The van der Waals surface area contributed by atoms with Crippen molar-refractivity contribution in [3.05, 3.63) is 58.6 Å². The molecular formula is C18H21ClN2O2. The van der Waals surface area contributed by atoms with E-state index in [4.69, 9.17) is 16.3 Å². The Morgan fingerprint density at radius 1 is 1.22 bits per heavy atom. The van der Waals surface area contributed by atoms with Crippen LogP contribution < -0.4 is 15.4 Å². The van der Waals surface area contributed by atoms with Gasteiger partial charge in [-0.05, 0) is 37.1 Å². The monoisotopic (exact) mass is 332 g/mol. The molecular weight excluding hydrogens is 312 g/mol. The number of hydrogen-bond acceptors (Lipinski definition) is 3. The lowest BCUT2D eigenvalue weighted by Crippen LogP contribution is -2.29. The van der Waals surface area contributed by atoms with Crippen LogP contribution in [-0.2, 0) is 11.2 Å². The van der Waals surface area contributed by atoms with Crippen LogP contribution in [0.3, 0.4) is 0 Å². The molecule has 122 valence electrons. The Balaban J connectivity index is 1.82. The number of anilines is 1. The maximum absolute atomic E-state index is 12.0. The fourth-order valence-electron chi connectivity index (χ4n) is 2.20. The van der Waals surface area contributed by atoms with Crippen LogP contribution in [0.4, 0.5) is 5.69 Å². The normalized spacial score (nSPS) is 10.4. The van der Waals surface area contributed by atoms with Crippen molar-refractivity contribution in [2.24, 2.45) is 0 Å². The molecule has 0 unspecified atom stereocenters. The molecule has 23 heavy (non-hydrogen) atoms. The molecule has 2 aromatic rings. The van der Waals surface area contributed by atoms with E-state index in [0.29, 0.717) is 16.5 Å². The van der Waals surface area contributed by atoms with E-state index < -0.39 is 0 Å². The molecule has 4 nitrogen and oxygen atoms in total. The molecule has 0 spiro atoms. The molecule has 0 radical (unpaired) electrons. The summed E-state index contributed by atoms with van der Waals surface area (Å²) in [6, 6.07) is 13.7. The second-order valence-electron chi connectivity index (χ2n) is 5.26. The molecule has 2 rings (SSSR count). The van der Waals surface area contributed by atoms with Crippen molar-refractivity contribution in [2.75, 3.05) is 25.5 Å². The topological polar surface area (TPSA) is 50.4 Å². The number of aryl methyl sites for hydroxylation is 1. The van der Waals surface area contributed by atoms with Crippen LogP contribution in [0.15, 0.2) is 42.5 Å². The van der Waals surface area contributed by atoms with E-state index in [0.717, 1.165) is 18.5 Å². The molecule has 0 aromatic heterocycles. The van der Waals surface area contributed by atoms with Gasteiger partial charge in [0.1, 0.15) is 5.75 Å². The van der Waals surface area contributed by atoms with Crippen LogP contribution in [0, 0.1) is 6.92 Å². The third-order valence-corrected chi connectivity index (χ3v) is 3.88. The number of rotatable bonds is 7. The third-order valence-electron chi connectivity index (χ3n) is 3.47. The molecule has 0 saturated carbocycles. The summed E-state index contributed by atoms with van der Waals surface area (Å²) in [5.41, 5.74) is 2.76. The van der Waals surface area contributed by atoms with Crippen molar-refractivity contribution in [3.63, 3.8) is 0 Å². The zero-order chi connectivity index (χ0) is 16.7. The molecule has 1 amide bonds. The largest absolute Gasteiger partial charge is 0.495 e. The van der Waals surface area contributed by atoms with Crippen molar-refractivity contribution in [2.45, 2.75) is 13.3 Å². The molecule has 0 aliphatic rings. The summed E-state index contributed by atoms with van der Waals surface area (Å²) in [5.74, 6) is 0.441. The number of amides is 1. The van der Waals surface area contributed by atoms with Gasteiger partial charge in [0, 0.05) is 11.1 Å². The molecule has 0 aliphatic carbocycles. The van der Waals surface area contributed by atoms with Gasteiger partial charge in [0.25, 0.3) is 0 Å². The maximum Gasteiger partial charge on any atom is 0.238 e. The average molecular weight is 333 g/mol. The molecule has 0 saturated heterocycles. The highest BCUT2D eigenvalue weighted by molar-refractivity contribution is 6.31. The van der Waals surface area contributed by atoms with Crippen LogP contribution in [0.2, 0.25) is 5.02 Å². The Morgan fingerprint density at radius 2 is 1.96 bits per heavy atom. The number of carbonyl (C=O) groups excluding carboxylic acids is 1. The first-order chi connectivity index (χ1) is 11.1. The van der Waals surface area contributed by atoms with Gasteiger partial charge in [0.2, 0.25) is 5.91 Å². The summed E-state index contributed by atoms with van der Waals surface area (Å²) in [4.78, 5) is 12.0. The minimum Gasteiger partial charge on any atom is -0.495 e. The summed E-state index contributed by atoms with van der Waals surface area (Å²) in [7, 11) is 1.55. The van der Waals surface area contributed by atoms with Gasteiger partial charge in [-0.25, -0.2) is 0 Å². The van der Waals surface area contributed by atoms with E-state index in [-0.39, 0.29) is 12.5 Å². The van der Waals surface area contributed by atoms with Crippen LogP contribution in [0.25, 0.3) is 0 Å². The van der Waals surface area contributed by atoms with Gasteiger partial charge in [0.05, 0.1) is 19.3 Å². The molecule has 0 heterocycles. The number of benzene rings is 2. The van der Waals surface area contributed by atoms with Gasteiger partial charge in [-0.2, -0.15) is 0 Å². The number of nitrogens with one attached hydrogen (secondary N) is 2. The Kier molecular flexibility index (Phi) is 6.44. The zero-order valence-electron chi connectivity index (χ0n) is 13.4. The van der Waals surface area contributed by atoms with E-state index in [1.807, 2.05) is 31.2 Å². The van der Waals surface area contributed by atoms with Crippen molar-refractivity contribution >= 4 is 23.2 Å². The molecule has 5 heteroatoms. The molecule has 2 aromatic carbocycles. The number of hydrogen-bond donors (Lipinski definition) is 2. The van der Waals surface area contributed by atoms with E-state index in [9.17, 15) is 4.79 Å². The third kappa shape index (κ3) is 5.27. The smallest absolute Gasteiger partial charge is 0.238 e. The van der Waals surface area contributed by atoms with E-state index >= 15 is 0 Å². The summed E-state index contributed by atoms with van der Waals surface area (Å²) < 4.78 is 5.25. The van der Waals surface area contributed by atoms with Gasteiger partial charge in [0.15, 0.2) is 0 Å². The van der Waals surface area contributed by atoms with Gasteiger partial charge in [-0.3, -0.25) is 4.79 Å². The number of carbonyl (C=O) groups is 1. The number of methoxy groups -OCH3 is 1. The van der Waals surface area contributed by atoms with Crippen molar-refractivity contribution in [1.29, 1.82) is 0 Å². The Bertz CT molecular complexity index is 660. The lowest BCUT2D eigenvalue weighted by molar-refractivity contribution is -0.115. The fourth-order valence-corrected chi connectivity index (χ4v) is 2.36. The second-order valence-corrected chi connectivity index (χ2v) is 5.67. The summed E-state index contributed by atoms with van der Waals surface area (Å²) in [5, 5.41) is 6.59. The van der Waals surface area contributed by atoms with E-state index in [1.54, 1.807) is 13.2 Å². The second kappa shape index (κ2) is 8.56. The van der Waals surface area contributed by atoms with Crippen molar-refractivity contribution in [3.8, 4) is 5.75 Å². The first-order valence-corrected chi connectivity index (χ1v) is 7.86. The zero-order valence-corrected chi connectivity index (χ0v) is 14.1. The summed E-state index contributed by atoms with van der Waals surface area (Å²) in [6.45, 7) is 2.88. The predicted molar refractivity (Wildman–Crippen MR) is 94.4 cm³/mol. The van der Waals surface area contributed by atoms with Crippen LogP contribution in [0.5, 0.6) is 5.75 Å². The highest BCUT2D eigenvalue weighted by atomic mass is 35.5. The highest BCUT2D eigenvalue weighted by Crippen LogP contribution is 2.30. The summed E-state index contributed by atoms with van der Waals surface area (Å²) >= 11 is 6.06. The van der Waals surface area contributed by atoms with Crippen LogP contribution in [-0.4, -0.2) is 26.1 Å². The standard InChI is InChI=1S/C18H21ClN2O2/c1-13-10-16(17(23-2)11-15(13)19)21-18(22)12-20-9-8-14-6-4-3-5-7-14/h3-7,10-11,20H,8-9,12H2,1-2H3,(H,21,22). The van der Waals surface area contributed by atoms with Gasteiger partial charge >= 0.3 is 0 Å². The fraction of sp³-hybridized carbons (Fsp3) is 0.278. The maximum atomic E-state index is 12.0. The van der Waals surface area contributed by atoms with Crippen LogP contribution >= 0.6 is 11.6 Å². The average Bonchev–Trinajstić information content (AvgIpc) is 2.56. The Morgan fingerprint density at radius 3 is 2.65 bits per heavy atom. The Labute approximate surface area is 141 Å². The first kappa shape index (κ1) is 17.3. The minimum absolute atomic E-state index is 0.113. The quantitative estimate of drug-likeness (QED) is 0.764. The van der Waals surface area contributed by atoms with E-state index in [1.165, 1.54) is 5.56 Å². The first-order valence-electron chi connectivity index (χ1n) is 7.49. The SMILES string of the molecule is COc1cc(Cl)c(C)cc1NC(=O)CNCCc1ccccc1. The van der Waals surface area contributed by atoms with Crippen molar-refractivity contribution in [1.82, 2.24) is 5.32 Å². The minimum atomic E-state index is -0.113. The molecule has 0 fully saturated rings. The van der Waals surface area contributed by atoms with Gasteiger partial charge < -0.3 is 15.4 Å². The molecule has 0 atom stereocenters. The molecule has 2 N–H and O–H groups in total. The Hall–Kier alpha value is -2.04. The number of halogens is 1. The van der Waals surface area contributed by atoms with Crippen LogP contribution in [0.1, 0.15) is 11.1 Å². The highest BCUT2D eigenvalue weighted by Gasteiger charge is 2.10. The lowest BCUT2D eigenvalue weighted by atomic mass is 10.1. The predicted octanol–water partition coefficient (Wildman–Crippen LogP) is 3.43. The van der Waals surface area contributed by atoms with Gasteiger partial charge in [-0.1, -0.05) is 41.9 Å². The lowest BCUT2D eigenvalue weighted by Gasteiger charge is -2.12. The molecule has 0 aliphatic heterocycles. The summed E-state index contributed by atoms with van der Waals surface area (Å²) in [6.07, 6.45) is 0.886. The number of ether oxygens (including phenoxy) is 1. The van der Waals surface area contributed by atoms with Crippen molar-refractivity contribution < 1.29 is 9.53 Å².